The largest absolute Gasteiger partial charge is 0.309 e. The number of hydrogen-bond donors (Lipinski definition) is 1. The predicted octanol–water partition coefficient (Wildman–Crippen LogP) is 4.17. The van der Waals surface area contributed by atoms with Crippen LogP contribution in [0.1, 0.15) is 64.7 Å². The van der Waals surface area contributed by atoms with E-state index in [-0.39, 0.29) is 0 Å². The van der Waals surface area contributed by atoms with E-state index in [1.165, 1.54) is 51.4 Å². The highest BCUT2D eigenvalue weighted by Crippen LogP contribution is 2.25. The number of nitrogens with one attached hydrogen (secondary N) is 1. The van der Waals surface area contributed by atoms with E-state index in [1.54, 1.807) is 0 Å². The Bertz CT molecular complexity index is 151. The Hall–Kier alpha value is -0.330. The van der Waals surface area contributed by atoms with Crippen LogP contribution >= 0.6 is 0 Å². The Morgan fingerprint density at radius 2 is 2.08 bits per heavy atom. The Balaban J connectivity index is 2.08. The van der Waals surface area contributed by atoms with Gasteiger partial charge in [0.2, 0.25) is 0 Å². The van der Waals surface area contributed by atoms with Gasteiger partial charge in [-0.05, 0) is 31.6 Å². The minimum Gasteiger partial charge on any atom is -0.309 e. The maximum atomic E-state index is 7.83. The predicted molar refractivity (Wildman–Crippen MR) is 58.4 cm³/mol. The molecule has 1 atom stereocenters. The molecule has 0 saturated heterocycles. The molecule has 1 aliphatic carbocycles. The fourth-order valence-electron chi connectivity index (χ4n) is 2.22. The third-order valence-electron chi connectivity index (χ3n) is 3.15. The monoisotopic (exact) mass is 181 g/mol. The molecule has 1 aliphatic rings. The summed E-state index contributed by atoms with van der Waals surface area (Å²) >= 11 is 0. The molecule has 0 unspecified atom stereocenters. The number of rotatable bonds is 5. The Labute approximate surface area is 82.4 Å². The summed E-state index contributed by atoms with van der Waals surface area (Å²) in [6.45, 7) is 2.25. The molecular formula is C12H23N. The molecule has 0 aromatic heterocycles. The molecule has 0 radical (unpaired) electrons. The van der Waals surface area contributed by atoms with E-state index in [0.29, 0.717) is 5.92 Å². The lowest BCUT2D eigenvalue weighted by Gasteiger charge is -2.22. The van der Waals surface area contributed by atoms with Crippen molar-refractivity contribution in [1.29, 1.82) is 5.41 Å². The van der Waals surface area contributed by atoms with Gasteiger partial charge in [0.25, 0.3) is 0 Å². The van der Waals surface area contributed by atoms with Crippen molar-refractivity contribution in [3.8, 4) is 0 Å². The van der Waals surface area contributed by atoms with Crippen molar-refractivity contribution in [3.05, 3.63) is 0 Å². The quantitative estimate of drug-likeness (QED) is 0.616. The van der Waals surface area contributed by atoms with Crippen LogP contribution in [0.2, 0.25) is 0 Å². The third-order valence-corrected chi connectivity index (χ3v) is 3.15. The van der Waals surface area contributed by atoms with Crippen LogP contribution in [-0.2, 0) is 0 Å². The Morgan fingerprint density at radius 3 is 2.77 bits per heavy atom. The normalized spacial score (nSPS) is 23.5. The molecule has 0 spiro atoms. The van der Waals surface area contributed by atoms with Crippen molar-refractivity contribution in [2.75, 3.05) is 0 Å². The fraction of sp³-hybridized carbons (Fsp3) is 0.917. The fourth-order valence-corrected chi connectivity index (χ4v) is 2.22. The zero-order valence-corrected chi connectivity index (χ0v) is 8.94. The molecule has 1 nitrogen and oxygen atoms in total. The van der Waals surface area contributed by atoms with Crippen LogP contribution in [0.5, 0.6) is 0 Å². The topological polar surface area (TPSA) is 23.9 Å². The van der Waals surface area contributed by atoms with Crippen molar-refractivity contribution in [2.24, 2.45) is 5.92 Å². The van der Waals surface area contributed by atoms with Gasteiger partial charge < -0.3 is 5.41 Å². The highest BCUT2D eigenvalue weighted by Gasteiger charge is 2.17. The van der Waals surface area contributed by atoms with E-state index in [4.69, 9.17) is 5.41 Å². The second kappa shape index (κ2) is 6.17. The lowest BCUT2D eigenvalue weighted by Crippen LogP contribution is -2.17. The summed E-state index contributed by atoms with van der Waals surface area (Å²) in [5, 5.41) is 7.83. The van der Waals surface area contributed by atoms with Gasteiger partial charge in [-0.3, -0.25) is 0 Å². The summed E-state index contributed by atoms with van der Waals surface area (Å²) in [5.41, 5.74) is 1.04. The molecule has 1 fully saturated rings. The van der Waals surface area contributed by atoms with E-state index in [1.807, 2.05) is 0 Å². The first-order valence-corrected chi connectivity index (χ1v) is 5.92. The van der Waals surface area contributed by atoms with E-state index >= 15 is 0 Å². The summed E-state index contributed by atoms with van der Waals surface area (Å²) in [6.07, 6.45) is 11.7. The second-order valence-corrected chi connectivity index (χ2v) is 4.32. The standard InChI is InChI=1S/C12H23N/c1-2-3-4-5-8-11-9-6-7-10-12(11)13/h11,13H,2-10H2,1H3/t11-/m1/s1. The van der Waals surface area contributed by atoms with Crippen LogP contribution in [0.25, 0.3) is 0 Å². The lowest BCUT2D eigenvalue weighted by atomic mass is 9.84. The van der Waals surface area contributed by atoms with Crippen LogP contribution in [0.15, 0.2) is 0 Å². The van der Waals surface area contributed by atoms with Gasteiger partial charge in [0.05, 0.1) is 0 Å². The molecule has 13 heavy (non-hydrogen) atoms. The van der Waals surface area contributed by atoms with Crippen LogP contribution in [0, 0.1) is 11.3 Å². The zero-order valence-electron chi connectivity index (χ0n) is 8.94. The summed E-state index contributed by atoms with van der Waals surface area (Å²) < 4.78 is 0. The van der Waals surface area contributed by atoms with E-state index in [9.17, 15) is 0 Å². The van der Waals surface area contributed by atoms with Crippen LogP contribution in [0.4, 0.5) is 0 Å². The van der Waals surface area contributed by atoms with Crippen LogP contribution < -0.4 is 0 Å². The average molecular weight is 181 g/mol. The van der Waals surface area contributed by atoms with Crippen LogP contribution in [-0.4, -0.2) is 5.71 Å². The highest BCUT2D eigenvalue weighted by atomic mass is 14.5. The van der Waals surface area contributed by atoms with Crippen molar-refractivity contribution in [1.82, 2.24) is 0 Å². The number of hydrogen-bond acceptors (Lipinski definition) is 1. The lowest BCUT2D eigenvalue weighted by molar-refractivity contribution is 0.468. The van der Waals surface area contributed by atoms with E-state index in [0.717, 1.165) is 12.1 Å². The molecule has 1 rings (SSSR count). The molecule has 1 heteroatoms. The van der Waals surface area contributed by atoms with Gasteiger partial charge in [-0.1, -0.05) is 39.0 Å². The summed E-state index contributed by atoms with van der Waals surface area (Å²) in [4.78, 5) is 0. The van der Waals surface area contributed by atoms with Crippen molar-refractivity contribution in [3.63, 3.8) is 0 Å². The first kappa shape index (κ1) is 10.7. The SMILES string of the molecule is CCCCCC[C@@H]1CCCCC1=N. The Morgan fingerprint density at radius 1 is 1.23 bits per heavy atom. The average Bonchev–Trinajstić information content (AvgIpc) is 2.15. The molecule has 76 valence electrons. The minimum atomic E-state index is 0.658. The van der Waals surface area contributed by atoms with Crippen LogP contribution in [0.3, 0.4) is 0 Å². The smallest absolute Gasteiger partial charge is 0.0120 e. The van der Waals surface area contributed by atoms with Gasteiger partial charge in [-0.15, -0.1) is 0 Å². The third kappa shape index (κ3) is 3.93. The summed E-state index contributed by atoms with van der Waals surface area (Å²) in [7, 11) is 0. The maximum absolute atomic E-state index is 7.83. The van der Waals surface area contributed by atoms with Gasteiger partial charge in [0, 0.05) is 5.71 Å². The molecule has 0 aromatic carbocycles. The second-order valence-electron chi connectivity index (χ2n) is 4.32. The molecule has 1 N–H and O–H groups in total. The summed E-state index contributed by atoms with van der Waals surface area (Å²) in [6, 6.07) is 0. The van der Waals surface area contributed by atoms with E-state index < -0.39 is 0 Å². The Kier molecular flexibility index (Phi) is 5.10. The molecule has 0 bridgehead atoms. The van der Waals surface area contributed by atoms with Gasteiger partial charge in [-0.2, -0.15) is 0 Å². The van der Waals surface area contributed by atoms with Gasteiger partial charge in [0.1, 0.15) is 0 Å². The first-order valence-electron chi connectivity index (χ1n) is 5.92. The van der Waals surface area contributed by atoms with Crippen molar-refractivity contribution in [2.45, 2.75) is 64.7 Å². The molecule has 0 aromatic rings. The first-order chi connectivity index (χ1) is 6.34. The molecular weight excluding hydrogens is 158 g/mol. The molecule has 1 saturated carbocycles. The van der Waals surface area contributed by atoms with Crippen molar-refractivity contribution >= 4 is 5.71 Å². The maximum Gasteiger partial charge on any atom is 0.0120 e. The molecule has 0 amide bonds. The highest BCUT2D eigenvalue weighted by molar-refractivity contribution is 5.84. The number of unbranched alkanes of at least 4 members (excludes halogenated alkanes) is 3. The molecule has 0 heterocycles. The van der Waals surface area contributed by atoms with E-state index in [2.05, 4.69) is 6.92 Å². The van der Waals surface area contributed by atoms with Crippen molar-refractivity contribution < 1.29 is 0 Å². The van der Waals surface area contributed by atoms with Gasteiger partial charge >= 0.3 is 0 Å². The van der Waals surface area contributed by atoms with Gasteiger partial charge in [-0.25, -0.2) is 0 Å². The molecule has 0 aliphatic heterocycles. The minimum absolute atomic E-state index is 0.658. The zero-order chi connectivity index (χ0) is 9.52. The van der Waals surface area contributed by atoms with Gasteiger partial charge in [0.15, 0.2) is 0 Å². The summed E-state index contributed by atoms with van der Waals surface area (Å²) in [5.74, 6) is 0.658.